The van der Waals surface area contributed by atoms with E-state index in [2.05, 4.69) is 10.6 Å². The van der Waals surface area contributed by atoms with Crippen molar-refractivity contribution >= 4 is 5.91 Å². The van der Waals surface area contributed by atoms with Crippen LogP contribution in [0.15, 0.2) is 0 Å². The molecule has 0 radical (unpaired) electrons. The van der Waals surface area contributed by atoms with E-state index in [9.17, 15) is 4.79 Å². The number of amides is 1. The van der Waals surface area contributed by atoms with Gasteiger partial charge in [-0.2, -0.15) is 0 Å². The molecular weight excluding hydrogens is 204 g/mol. The minimum Gasteiger partial charge on any atom is -0.378 e. The van der Waals surface area contributed by atoms with Gasteiger partial charge in [0, 0.05) is 18.6 Å². The molecule has 0 aromatic rings. The molecular formula is C12H22N2O2. The second-order valence-electron chi connectivity index (χ2n) is 4.78. The van der Waals surface area contributed by atoms with E-state index in [0.717, 1.165) is 45.4 Å². The van der Waals surface area contributed by atoms with Gasteiger partial charge in [0.15, 0.2) is 0 Å². The highest BCUT2D eigenvalue weighted by atomic mass is 16.5. The summed E-state index contributed by atoms with van der Waals surface area (Å²) < 4.78 is 5.47. The summed E-state index contributed by atoms with van der Waals surface area (Å²) in [6, 6.07) is 0.360. The Morgan fingerprint density at radius 1 is 1.38 bits per heavy atom. The predicted octanol–water partition coefficient (Wildman–Crippen LogP) is 0.670. The summed E-state index contributed by atoms with van der Waals surface area (Å²) in [5.41, 5.74) is 0. The number of rotatable bonds is 4. The quantitative estimate of drug-likeness (QED) is 0.741. The molecule has 4 heteroatoms. The highest BCUT2D eigenvalue weighted by molar-refractivity contribution is 5.79. The molecule has 92 valence electrons. The van der Waals surface area contributed by atoms with Crippen molar-refractivity contribution in [2.75, 3.05) is 19.7 Å². The van der Waals surface area contributed by atoms with Crippen LogP contribution in [0.2, 0.25) is 0 Å². The van der Waals surface area contributed by atoms with Crippen molar-refractivity contribution in [3.63, 3.8) is 0 Å². The first-order chi connectivity index (χ1) is 7.79. The fourth-order valence-corrected chi connectivity index (χ4v) is 2.46. The number of ether oxygens (including phenoxy) is 1. The molecule has 1 heterocycles. The van der Waals surface area contributed by atoms with E-state index in [1.807, 2.05) is 6.92 Å². The number of nitrogens with one attached hydrogen (secondary N) is 2. The lowest BCUT2D eigenvalue weighted by molar-refractivity contribution is -0.128. The molecule has 0 aromatic carbocycles. The first-order valence-corrected chi connectivity index (χ1v) is 6.42. The van der Waals surface area contributed by atoms with E-state index in [-0.39, 0.29) is 11.8 Å². The van der Waals surface area contributed by atoms with Crippen molar-refractivity contribution in [2.45, 2.75) is 44.8 Å². The minimum absolute atomic E-state index is 0.229. The molecule has 1 saturated carbocycles. The van der Waals surface area contributed by atoms with Crippen molar-refractivity contribution in [3.05, 3.63) is 0 Å². The molecule has 0 spiro atoms. The first-order valence-electron chi connectivity index (χ1n) is 6.42. The third-order valence-electron chi connectivity index (χ3n) is 3.55. The van der Waals surface area contributed by atoms with E-state index >= 15 is 0 Å². The molecule has 0 atom stereocenters. The summed E-state index contributed by atoms with van der Waals surface area (Å²) in [6.45, 7) is 4.75. The number of piperidine rings is 1. The summed E-state index contributed by atoms with van der Waals surface area (Å²) >= 11 is 0. The molecule has 2 N–H and O–H groups in total. The Kier molecular flexibility index (Phi) is 4.18. The van der Waals surface area contributed by atoms with Crippen molar-refractivity contribution in [3.8, 4) is 0 Å². The number of carbonyl (C=O) groups is 1. The van der Waals surface area contributed by atoms with Gasteiger partial charge in [0.1, 0.15) is 0 Å². The minimum atomic E-state index is 0.229. The zero-order chi connectivity index (χ0) is 11.4. The maximum absolute atomic E-state index is 11.9. The fraction of sp³-hybridized carbons (Fsp3) is 0.917. The van der Waals surface area contributed by atoms with Crippen LogP contribution in [-0.2, 0) is 9.53 Å². The summed E-state index contributed by atoms with van der Waals surface area (Å²) in [6.07, 6.45) is 4.32. The van der Waals surface area contributed by atoms with Crippen molar-refractivity contribution in [1.82, 2.24) is 10.6 Å². The average molecular weight is 226 g/mol. The van der Waals surface area contributed by atoms with Gasteiger partial charge >= 0.3 is 0 Å². The molecule has 2 fully saturated rings. The molecule has 2 rings (SSSR count). The standard InChI is InChI=1S/C12H22N2O2/c1-2-16-11-7-10(8-11)14-12(15)9-3-5-13-6-4-9/h9-11,13H,2-8H2,1H3,(H,14,15). The Hall–Kier alpha value is -0.610. The molecule has 1 saturated heterocycles. The lowest BCUT2D eigenvalue weighted by atomic mass is 9.88. The van der Waals surface area contributed by atoms with Gasteiger partial charge in [-0.15, -0.1) is 0 Å². The first kappa shape index (κ1) is 11.9. The van der Waals surface area contributed by atoms with Crippen LogP contribution in [0.25, 0.3) is 0 Å². The Bertz CT molecular complexity index is 233. The summed E-state index contributed by atoms with van der Waals surface area (Å²) in [7, 11) is 0. The van der Waals surface area contributed by atoms with Crippen LogP contribution in [0.3, 0.4) is 0 Å². The average Bonchev–Trinajstić information content (AvgIpc) is 2.27. The second-order valence-corrected chi connectivity index (χ2v) is 4.78. The maximum Gasteiger partial charge on any atom is 0.223 e. The summed E-state index contributed by atoms with van der Waals surface area (Å²) in [5.74, 6) is 0.480. The summed E-state index contributed by atoms with van der Waals surface area (Å²) in [5, 5.41) is 6.40. The number of hydrogen-bond donors (Lipinski definition) is 2. The lowest BCUT2D eigenvalue weighted by Gasteiger charge is -2.36. The number of carbonyl (C=O) groups excluding carboxylic acids is 1. The molecule has 1 aliphatic carbocycles. The Morgan fingerprint density at radius 3 is 2.69 bits per heavy atom. The third kappa shape index (κ3) is 2.95. The normalized spacial score (nSPS) is 30.8. The Balaban J connectivity index is 1.64. The summed E-state index contributed by atoms with van der Waals surface area (Å²) in [4.78, 5) is 11.9. The zero-order valence-corrected chi connectivity index (χ0v) is 10.00. The van der Waals surface area contributed by atoms with E-state index in [1.165, 1.54) is 0 Å². The van der Waals surface area contributed by atoms with Gasteiger partial charge in [-0.05, 0) is 45.7 Å². The van der Waals surface area contributed by atoms with Crippen LogP contribution < -0.4 is 10.6 Å². The van der Waals surface area contributed by atoms with Gasteiger partial charge in [0.25, 0.3) is 0 Å². The second kappa shape index (κ2) is 5.64. The van der Waals surface area contributed by atoms with Crippen LogP contribution in [0.5, 0.6) is 0 Å². The van der Waals surface area contributed by atoms with Gasteiger partial charge in [0.05, 0.1) is 6.10 Å². The van der Waals surface area contributed by atoms with E-state index in [0.29, 0.717) is 12.1 Å². The van der Waals surface area contributed by atoms with Gasteiger partial charge in [-0.25, -0.2) is 0 Å². The molecule has 0 bridgehead atoms. The predicted molar refractivity (Wildman–Crippen MR) is 62.2 cm³/mol. The zero-order valence-electron chi connectivity index (χ0n) is 10.00. The van der Waals surface area contributed by atoms with Crippen LogP contribution in [-0.4, -0.2) is 37.7 Å². The fourth-order valence-electron chi connectivity index (χ4n) is 2.46. The molecule has 1 aliphatic heterocycles. The smallest absolute Gasteiger partial charge is 0.223 e. The highest BCUT2D eigenvalue weighted by Gasteiger charge is 2.32. The van der Waals surface area contributed by atoms with Crippen LogP contribution >= 0.6 is 0 Å². The van der Waals surface area contributed by atoms with Crippen LogP contribution in [0, 0.1) is 5.92 Å². The maximum atomic E-state index is 11.9. The van der Waals surface area contributed by atoms with Crippen molar-refractivity contribution in [1.29, 1.82) is 0 Å². The molecule has 0 aromatic heterocycles. The van der Waals surface area contributed by atoms with E-state index in [1.54, 1.807) is 0 Å². The van der Waals surface area contributed by atoms with E-state index < -0.39 is 0 Å². The highest BCUT2D eigenvalue weighted by Crippen LogP contribution is 2.24. The van der Waals surface area contributed by atoms with Crippen molar-refractivity contribution in [2.24, 2.45) is 5.92 Å². The molecule has 4 nitrogen and oxygen atoms in total. The van der Waals surface area contributed by atoms with Gasteiger partial charge in [-0.1, -0.05) is 0 Å². The van der Waals surface area contributed by atoms with Gasteiger partial charge in [-0.3, -0.25) is 4.79 Å². The molecule has 1 amide bonds. The van der Waals surface area contributed by atoms with Gasteiger partial charge in [0.2, 0.25) is 5.91 Å². The molecule has 2 aliphatic rings. The number of hydrogen-bond acceptors (Lipinski definition) is 3. The van der Waals surface area contributed by atoms with Crippen LogP contribution in [0.1, 0.15) is 32.6 Å². The topological polar surface area (TPSA) is 50.4 Å². The van der Waals surface area contributed by atoms with E-state index in [4.69, 9.17) is 4.74 Å². The Labute approximate surface area is 97.1 Å². The molecule has 16 heavy (non-hydrogen) atoms. The Morgan fingerprint density at radius 2 is 2.06 bits per heavy atom. The monoisotopic (exact) mass is 226 g/mol. The van der Waals surface area contributed by atoms with Crippen LogP contribution in [0.4, 0.5) is 0 Å². The largest absolute Gasteiger partial charge is 0.378 e. The SMILES string of the molecule is CCOC1CC(NC(=O)C2CCNCC2)C1. The third-order valence-corrected chi connectivity index (χ3v) is 3.55. The lowest BCUT2D eigenvalue weighted by Crippen LogP contribution is -2.50. The van der Waals surface area contributed by atoms with Crippen molar-refractivity contribution < 1.29 is 9.53 Å². The van der Waals surface area contributed by atoms with Gasteiger partial charge < -0.3 is 15.4 Å². The molecule has 0 unspecified atom stereocenters.